The highest BCUT2D eigenvalue weighted by Crippen LogP contribution is 2.24. The van der Waals surface area contributed by atoms with Crippen LogP contribution in [0.4, 0.5) is 8.78 Å². The Kier molecular flexibility index (Phi) is 2.83. The van der Waals surface area contributed by atoms with Crippen LogP contribution in [0.25, 0.3) is 22.6 Å². The second-order valence-electron chi connectivity index (χ2n) is 3.87. The van der Waals surface area contributed by atoms with Crippen LogP contribution in [0.2, 0.25) is 0 Å². The van der Waals surface area contributed by atoms with Crippen LogP contribution in [0, 0.1) is 0 Å². The zero-order valence-corrected chi connectivity index (χ0v) is 9.68. The molecule has 1 N–H and O–H groups in total. The van der Waals surface area contributed by atoms with Crippen molar-refractivity contribution in [2.75, 3.05) is 0 Å². The number of hydrogen-bond acceptors (Lipinski definition) is 3. The lowest BCUT2D eigenvalue weighted by molar-refractivity contribution is -0.0498. The van der Waals surface area contributed by atoms with E-state index in [0.717, 1.165) is 5.52 Å². The average Bonchev–Trinajstić information content (AvgIpc) is 2.82. The molecule has 0 bridgehead atoms. The molecular weight excluding hydrogens is 252 g/mol. The number of aromatic amines is 1. The van der Waals surface area contributed by atoms with Gasteiger partial charge in [0.2, 0.25) is 0 Å². The fourth-order valence-electron chi connectivity index (χ4n) is 1.80. The van der Waals surface area contributed by atoms with Crippen molar-refractivity contribution in [1.82, 2.24) is 15.0 Å². The average molecular weight is 261 g/mol. The lowest BCUT2D eigenvalue weighted by atomic mass is 10.2. The molecule has 0 spiro atoms. The number of alkyl halides is 2. The third-order valence-electron chi connectivity index (χ3n) is 2.59. The number of H-pyrrole nitrogens is 1. The fourth-order valence-corrected chi connectivity index (χ4v) is 1.80. The van der Waals surface area contributed by atoms with E-state index in [4.69, 9.17) is 0 Å². The van der Waals surface area contributed by atoms with E-state index in [1.54, 1.807) is 24.4 Å². The summed E-state index contributed by atoms with van der Waals surface area (Å²) in [7, 11) is 0. The number of halogens is 2. The Balaban J connectivity index is 2.01. The molecule has 19 heavy (non-hydrogen) atoms. The molecule has 2 aromatic heterocycles. The highest BCUT2D eigenvalue weighted by molar-refractivity contribution is 5.75. The molecule has 0 aliphatic heterocycles. The van der Waals surface area contributed by atoms with Crippen molar-refractivity contribution in [3.05, 3.63) is 42.6 Å². The predicted octanol–water partition coefficient (Wildman–Crippen LogP) is 3.23. The van der Waals surface area contributed by atoms with Gasteiger partial charge in [0, 0.05) is 11.8 Å². The number of hydrogen-bond donors (Lipinski definition) is 1. The molecule has 2 heterocycles. The van der Waals surface area contributed by atoms with Gasteiger partial charge < -0.3 is 9.72 Å². The first-order valence-electron chi connectivity index (χ1n) is 5.58. The van der Waals surface area contributed by atoms with Gasteiger partial charge in [0.1, 0.15) is 11.6 Å². The number of ether oxygens (including phenoxy) is 1. The molecule has 0 fully saturated rings. The molecule has 0 amide bonds. The maximum atomic E-state index is 12.2. The zero-order chi connectivity index (χ0) is 13.2. The molecule has 1 aromatic carbocycles. The monoisotopic (exact) mass is 261 g/mol. The third kappa shape index (κ3) is 2.37. The van der Waals surface area contributed by atoms with Crippen LogP contribution >= 0.6 is 0 Å². The molecule has 96 valence electrons. The van der Waals surface area contributed by atoms with E-state index in [9.17, 15) is 8.78 Å². The molecule has 0 radical (unpaired) electrons. The van der Waals surface area contributed by atoms with Crippen molar-refractivity contribution in [2.45, 2.75) is 6.61 Å². The number of benzene rings is 1. The van der Waals surface area contributed by atoms with Crippen molar-refractivity contribution >= 4 is 11.2 Å². The van der Waals surface area contributed by atoms with Gasteiger partial charge >= 0.3 is 6.61 Å². The van der Waals surface area contributed by atoms with E-state index >= 15 is 0 Å². The predicted molar refractivity (Wildman–Crippen MR) is 66.0 cm³/mol. The van der Waals surface area contributed by atoms with Gasteiger partial charge in [-0.05, 0) is 24.3 Å². The lowest BCUT2D eigenvalue weighted by Crippen LogP contribution is -2.01. The molecule has 3 aromatic rings. The minimum atomic E-state index is -2.84. The van der Waals surface area contributed by atoms with Crippen molar-refractivity contribution in [3.8, 4) is 17.1 Å². The third-order valence-corrected chi connectivity index (χ3v) is 2.59. The summed E-state index contributed by atoms with van der Waals surface area (Å²) < 4.78 is 28.7. The summed E-state index contributed by atoms with van der Waals surface area (Å²) in [5.74, 6) is 0.661. The molecule has 0 saturated carbocycles. The van der Waals surface area contributed by atoms with E-state index in [2.05, 4.69) is 19.7 Å². The van der Waals surface area contributed by atoms with Gasteiger partial charge in [-0.3, -0.25) is 0 Å². The number of imidazole rings is 1. The first kappa shape index (κ1) is 11.6. The van der Waals surface area contributed by atoms with E-state index < -0.39 is 6.61 Å². The topological polar surface area (TPSA) is 50.8 Å². The Hall–Kier alpha value is -2.50. The van der Waals surface area contributed by atoms with Crippen LogP contribution in [0.5, 0.6) is 5.75 Å². The Labute approximate surface area is 107 Å². The second-order valence-corrected chi connectivity index (χ2v) is 3.87. The summed E-state index contributed by atoms with van der Waals surface area (Å²) in [6, 6.07) is 10.0. The lowest BCUT2D eigenvalue weighted by Gasteiger charge is -2.05. The largest absolute Gasteiger partial charge is 0.435 e. The van der Waals surface area contributed by atoms with Crippen LogP contribution in [0.1, 0.15) is 0 Å². The molecule has 0 saturated heterocycles. The summed E-state index contributed by atoms with van der Waals surface area (Å²) >= 11 is 0. The van der Waals surface area contributed by atoms with E-state index in [-0.39, 0.29) is 5.75 Å². The summed E-state index contributed by atoms with van der Waals surface area (Å²) in [6.07, 6.45) is 1.64. The smallest absolute Gasteiger partial charge is 0.387 e. The van der Waals surface area contributed by atoms with Crippen molar-refractivity contribution < 1.29 is 13.5 Å². The highest BCUT2D eigenvalue weighted by atomic mass is 19.3. The number of pyridine rings is 1. The number of aromatic nitrogens is 3. The molecular formula is C13H9F2N3O. The van der Waals surface area contributed by atoms with Gasteiger partial charge in [-0.25, -0.2) is 9.97 Å². The van der Waals surface area contributed by atoms with Gasteiger partial charge in [-0.2, -0.15) is 8.78 Å². The van der Waals surface area contributed by atoms with Gasteiger partial charge in [-0.1, -0.05) is 12.1 Å². The number of nitrogens with zero attached hydrogens (tertiary/aromatic N) is 2. The fraction of sp³-hybridized carbons (Fsp3) is 0.0769. The minimum Gasteiger partial charge on any atom is -0.435 e. The van der Waals surface area contributed by atoms with E-state index in [1.165, 1.54) is 12.1 Å². The standard InChI is InChI=1S/C13H9F2N3O/c14-13(15)19-9-4-1-3-8(7-9)11-17-10-5-2-6-16-12(10)18-11/h1-7,13H,(H,16,17,18). The van der Waals surface area contributed by atoms with E-state index in [1.807, 2.05) is 6.07 Å². The molecule has 4 nitrogen and oxygen atoms in total. The van der Waals surface area contributed by atoms with Crippen LogP contribution < -0.4 is 4.74 Å². The SMILES string of the molecule is FC(F)Oc1cccc(-c2nc3ncccc3[nH]2)c1. The quantitative estimate of drug-likeness (QED) is 0.787. The van der Waals surface area contributed by atoms with Crippen molar-refractivity contribution in [1.29, 1.82) is 0 Å². The first-order chi connectivity index (χ1) is 9.22. The molecule has 6 heteroatoms. The van der Waals surface area contributed by atoms with Crippen molar-refractivity contribution in [3.63, 3.8) is 0 Å². The number of fused-ring (bicyclic) bond motifs is 1. The summed E-state index contributed by atoms with van der Waals surface area (Å²) in [6.45, 7) is -2.84. The number of rotatable bonds is 3. The normalized spacial score (nSPS) is 11.1. The van der Waals surface area contributed by atoms with Crippen LogP contribution in [-0.4, -0.2) is 21.6 Å². The van der Waals surface area contributed by atoms with Crippen LogP contribution in [-0.2, 0) is 0 Å². The summed E-state index contributed by atoms with van der Waals surface area (Å²) in [5.41, 5.74) is 2.03. The van der Waals surface area contributed by atoms with Gasteiger partial charge in [0.25, 0.3) is 0 Å². The Morgan fingerprint density at radius 2 is 2.05 bits per heavy atom. The van der Waals surface area contributed by atoms with Crippen LogP contribution in [0.15, 0.2) is 42.6 Å². The maximum Gasteiger partial charge on any atom is 0.387 e. The molecule has 3 rings (SSSR count). The highest BCUT2D eigenvalue weighted by Gasteiger charge is 2.08. The summed E-state index contributed by atoms with van der Waals surface area (Å²) in [5, 5.41) is 0. The molecule has 0 atom stereocenters. The Morgan fingerprint density at radius 3 is 2.84 bits per heavy atom. The maximum absolute atomic E-state index is 12.2. The van der Waals surface area contributed by atoms with Gasteiger partial charge in [0.15, 0.2) is 5.65 Å². The molecule has 0 aliphatic carbocycles. The minimum absolute atomic E-state index is 0.0981. The van der Waals surface area contributed by atoms with Gasteiger partial charge in [0.05, 0.1) is 5.52 Å². The Bertz CT molecular complexity index is 679. The Morgan fingerprint density at radius 1 is 1.16 bits per heavy atom. The van der Waals surface area contributed by atoms with Crippen molar-refractivity contribution in [2.24, 2.45) is 0 Å². The van der Waals surface area contributed by atoms with E-state index in [0.29, 0.717) is 17.0 Å². The molecule has 0 aliphatic rings. The zero-order valence-electron chi connectivity index (χ0n) is 9.68. The first-order valence-corrected chi connectivity index (χ1v) is 5.58. The summed E-state index contributed by atoms with van der Waals surface area (Å²) in [4.78, 5) is 11.5. The second kappa shape index (κ2) is 4.64. The molecule has 0 unspecified atom stereocenters. The van der Waals surface area contributed by atoms with Gasteiger partial charge in [-0.15, -0.1) is 0 Å². The van der Waals surface area contributed by atoms with Crippen LogP contribution in [0.3, 0.4) is 0 Å². The number of nitrogens with one attached hydrogen (secondary N) is 1.